The number of hydrogen-bond donors (Lipinski definition) is 1. The molecule has 0 saturated carbocycles. The first-order chi connectivity index (χ1) is 6.93. The number of nitrogens with zero attached hydrogens (tertiary/aromatic N) is 3. The Morgan fingerprint density at radius 1 is 1.53 bits per heavy atom. The third kappa shape index (κ3) is 2.43. The van der Waals surface area contributed by atoms with E-state index in [9.17, 15) is 4.79 Å². The summed E-state index contributed by atoms with van der Waals surface area (Å²) in [5.74, 6) is -0.452. The Bertz CT molecular complexity index is 379. The van der Waals surface area contributed by atoms with Gasteiger partial charge in [0.25, 0.3) is 0 Å². The minimum absolute atomic E-state index is 0.438. The Morgan fingerprint density at radius 3 is 2.60 bits per heavy atom. The van der Waals surface area contributed by atoms with Gasteiger partial charge in [-0.25, -0.2) is 14.8 Å². The van der Waals surface area contributed by atoms with Crippen LogP contribution in [-0.4, -0.2) is 34.1 Å². The summed E-state index contributed by atoms with van der Waals surface area (Å²) in [5.41, 5.74) is 1.86. The first kappa shape index (κ1) is 11.4. The van der Waals surface area contributed by atoms with Crippen LogP contribution >= 0.6 is 0 Å². The molecule has 1 heterocycles. The second kappa shape index (κ2) is 4.25. The molecule has 1 atom stereocenters. The van der Waals surface area contributed by atoms with Gasteiger partial charge in [-0.05, 0) is 26.3 Å². The molecule has 5 heteroatoms. The van der Waals surface area contributed by atoms with Gasteiger partial charge in [0.2, 0.25) is 5.95 Å². The van der Waals surface area contributed by atoms with Gasteiger partial charge in [0.05, 0.1) is 0 Å². The van der Waals surface area contributed by atoms with Crippen molar-refractivity contribution in [1.29, 1.82) is 0 Å². The molecule has 82 valence electrons. The van der Waals surface area contributed by atoms with Crippen LogP contribution in [0.5, 0.6) is 0 Å². The van der Waals surface area contributed by atoms with E-state index in [1.165, 1.54) is 4.90 Å². The van der Waals surface area contributed by atoms with Crippen molar-refractivity contribution in [1.82, 2.24) is 9.97 Å². The minimum Gasteiger partial charge on any atom is -0.480 e. The van der Waals surface area contributed by atoms with E-state index in [2.05, 4.69) is 9.97 Å². The predicted molar refractivity (Wildman–Crippen MR) is 57.0 cm³/mol. The van der Waals surface area contributed by atoms with Gasteiger partial charge >= 0.3 is 5.97 Å². The smallest absolute Gasteiger partial charge is 0.326 e. The largest absolute Gasteiger partial charge is 0.480 e. The van der Waals surface area contributed by atoms with Gasteiger partial charge in [-0.3, -0.25) is 0 Å². The first-order valence-electron chi connectivity index (χ1n) is 4.69. The fraction of sp³-hybridized carbons (Fsp3) is 0.500. The topological polar surface area (TPSA) is 66.3 Å². The maximum Gasteiger partial charge on any atom is 0.326 e. The van der Waals surface area contributed by atoms with Crippen LogP contribution in [0.25, 0.3) is 0 Å². The highest BCUT2D eigenvalue weighted by Crippen LogP contribution is 2.11. The highest BCUT2D eigenvalue weighted by molar-refractivity contribution is 5.76. The molecule has 0 aromatic carbocycles. The molecule has 0 bridgehead atoms. The molecule has 0 saturated heterocycles. The van der Waals surface area contributed by atoms with Gasteiger partial charge in [-0.2, -0.15) is 0 Å². The average Bonchev–Trinajstić information content (AvgIpc) is 2.19. The van der Waals surface area contributed by atoms with E-state index in [1.54, 1.807) is 20.2 Å². The number of aromatic nitrogens is 2. The summed E-state index contributed by atoms with van der Waals surface area (Å²) < 4.78 is 0. The Balaban J connectivity index is 2.96. The molecular weight excluding hydrogens is 194 g/mol. The number of likely N-dealkylation sites (N-methyl/N-ethyl adjacent to an activating group) is 1. The minimum atomic E-state index is -0.890. The molecule has 5 nitrogen and oxygen atoms in total. The first-order valence-corrected chi connectivity index (χ1v) is 4.69. The van der Waals surface area contributed by atoms with Crippen molar-refractivity contribution in [3.8, 4) is 0 Å². The Hall–Kier alpha value is -1.65. The lowest BCUT2D eigenvalue weighted by Crippen LogP contribution is -2.37. The molecule has 0 amide bonds. The maximum absolute atomic E-state index is 10.8. The monoisotopic (exact) mass is 209 g/mol. The summed E-state index contributed by atoms with van der Waals surface area (Å²) in [6, 6.07) is -0.632. The van der Waals surface area contributed by atoms with Crippen LogP contribution in [0.4, 0.5) is 5.95 Å². The summed E-state index contributed by atoms with van der Waals surface area (Å²) in [4.78, 5) is 20.6. The van der Waals surface area contributed by atoms with Crippen LogP contribution in [0.1, 0.15) is 18.2 Å². The van der Waals surface area contributed by atoms with E-state index in [0.29, 0.717) is 5.95 Å². The lowest BCUT2D eigenvalue weighted by Gasteiger charge is -2.21. The van der Waals surface area contributed by atoms with E-state index in [4.69, 9.17) is 5.11 Å². The summed E-state index contributed by atoms with van der Waals surface area (Å²) >= 11 is 0. The summed E-state index contributed by atoms with van der Waals surface area (Å²) in [7, 11) is 1.67. The van der Waals surface area contributed by atoms with E-state index in [1.807, 2.05) is 13.8 Å². The van der Waals surface area contributed by atoms with Crippen LogP contribution in [0.15, 0.2) is 6.20 Å². The third-order valence-corrected chi connectivity index (χ3v) is 2.47. The molecule has 1 N–H and O–H groups in total. The number of carboxylic acid groups (broad SMARTS) is 1. The van der Waals surface area contributed by atoms with Crippen LogP contribution < -0.4 is 4.90 Å². The Morgan fingerprint density at radius 2 is 2.13 bits per heavy atom. The second-order valence-electron chi connectivity index (χ2n) is 3.56. The van der Waals surface area contributed by atoms with Crippen LogP contribution in [0.2, 0.25) is 0 Å². The van der Waals surface area contributed by atoms with Crippen LogP contribution in [0.3, 0.4) is 0 Å². The molecule has 0 fully saturated rings. The fourth-order valence-corrected chi connectivity index (χ4v) is 1.02. The highest BCUT2D eigenvalue weighted by atomic mass is 16.4. The number of carbonyl (C=O) groups is 1. The van der Waals surface area contributed by atoms with Gasteiger partial charge in [0.1, 0.15) is 6.04 Å². The van der Waals surface area contributed by atoms with E-state index < -0.39 is 12.0 Å². The van der Waals surface area contributed by atoms with Crippen molar-refractivity contribution in [2.75, 3.05) is 11.9 Å². The molecule has 1 aromatic heterocycles. The zero-order valence-electron chi connectivity index (χ0n) is 9.35. The molecular formula is C10H15N3O2. The fourth-order valence-electron chi connectivity index (χ4n) is 1.02. The predicted octanol–water partition coefficient (Wildman–Crippen LogP) is 1.00. The van der Waals surface area contributed by atoms with Crippen molar-refractivity contribution in [3.63, 3.8) is 0 Å². The van der Waals surface area contributed by atoms with Gasteiger partial charge in [0.15, 0.2) is 0 Å². The highest BCUT2D eigenvalue weighted by Gasteiger charge is 2.19. The molecule has 15 heavy (non-hydrogen) atoms. The zero-order chi connectivity index (χ0) is 11.6. The average molecular weight is 209 g/mol. The summed E-state index contributed by atoms with van der Waals surface area (Å²) in [5, 5.41) is 8.84. The number of aryl methyl sites for hydroxylation is 2. The lowest BCUT2D eigenvalue weighted by molar-refractivity contribution is -0.138. The van der Waals surface area contributed by atoms with Gasteiger partial charge < -0.3 is 10.0 Å². The third-order valence-electron chi connectivity index (χ3n) is 2.47. The number of hydrogen-bond acceptors (Lipinski definition) is 4. The molecule has 1 rings (SSSR count). The molecule has 0 aliphatic carbocycles. The molecule has 0 aliphatic heterocycles. The SMILES string of the molecule is Cc1cnc(N(C)C(C)C(=O)O)nc1C. The second-order valence-corrected chi connectivity index (χ2v) is 3.56. The number of carboxylic acids is 1. The molecule has 1 aromatic rings. The van der Waals surface area contributed by atoms with Gasteiger partial charge in [-0.1, -0.05) is 0 Å². The summed E-state index contributed by atoms with van der Waals surface area (Å²) in [6.07, 6.45) is 1.70. The van der Waals surface area contributed by atoms with Crippen LogP contribution in [0, 0.1) is 13.8 Å². The molecule has 0 aliphatic rings. The Kier molecular flexibility index (Phi) is 3.24. The zero-order valence-corrected chi connectivity index (χ0v) is 9.35. The van der Waals surface area contributed by atoms with E-state index in [-0.39, 0.29) is 0 Å². The number of aliphatic carboxylic acids is 1. The number of anilines is 1. The van der Waals surface area contributed by atoms with Gasteiger partial charge in [0, 0.05) is 18.9 Å². The van der Waals surface area contributed by atoms with Gasteiger partial charge in [-0.15, -0.1) is 0 Å². The van der Waals surface area contributed by atoms with Crippen molar-refractivity contribution in [2.24, 2.45) is 0 Å². The molecule has 0 spiro atoms. The van der Waals surface area contributed by atoms with Crippen molar-refractivity contribution in [2.45, 2.75) is 26.8 Å². The normalized spacial score (nSPS) is 12.3. The van der Waals surface area contributed by atoms with Crippen LogP contribution in [-0.2, 0) is 4.79 Å². The summed E-state index contributed by atoms with van der Waals surface area (Å²) in [6.45, 7) is 5.39. The standard InChI is InChI=1S/C10H15N3O2/c1-6-5-11-10(12-7(6)2)13(4)8(3)9(14)15/h5,8H,1-4H3,(H,14,15). The van der Waals surface area contributed by atoms with E-state index in [0.717, 1.165) is 11.3 Å². The van der Waals surface area contributed by atoms with E-state index >= 15 is 0 Å². The number of rotatable bonds is 3. The molecule has 1 unspecified atom stereocenters. The Labute approximate surface area is 88.8 Å². The lowest BCUT2D eigenvalue weighted by atomic mass is 10.3. The van der Waals surface area contributed by atoms with Crippen molar-refractivity contribution in [3.05, 3.63) is 17.5 Å². The van der Waals surface area contributed by atoms with Crippen molar-refractivity contribution >= 4 is 11.9 Å². The molecule has 0 radical (unpaired) electrons. The maximum atomic E-state index is 10.8. The van der Waals surface area contributed by atoms with Crippen molar-refractivity contribution < 1.29 is 9.90 Å². The quantitative estimate of drug-likeness (QED) is 0.804.